The van der Waals surface area contributed by atoms with Crippen molar-refractivity contribution < 1.29 is 4.92 Å². The van der Waals surface area contributed by atoms with Crippen LogP contribution in [-0.4, -0.2) is 29.7 Å². The molecule has 1 aromatic carbocycles. The zero-order chi connectivity index (χ0) is 15.0. The molecule has 0 saturated heterocycles. The van der Waals surface area contributed by atoms with Crippen LogP contribution in [0, 0.1) is 10.1 Å². The van der Waals surface area contributed by atoms with Gasteiger partial charge < -0.3 is 5.73 Å². The van der Waals surface area contributed by atoms with Crippen LogP contribution in [0.5, 0.6) is 0 Å². The first kappa shape index (κ1) is 12.7. The molecule has 0 bridgehead atoms. The van der Waals surface area contributed by atoms with Crippen LogP contribution in [0.4, 0.5) is 11.6 Å². The zero-order valence-corrected chi connectivity index (χ0v) is 10.6. The number of nitro groups is 1. The van der Waals surface area contributed by atoms with Gasteiger partial charge in [0, 0.05) is 18.1 Å². The van der Waals surface area contributed by atoms with Crippen molar-refractivity contribution in [2.45, 2.75) is 6.42 Å². The molecule has 2 heterocycles. The fourth-order valence-electron chi connectivity index (χ4n) is 1.94. The first-order chi connectivity index (χ1) is 10.1. The molecule has 3 N–H and O–H groups in total. The molecule has 10 nitrogen and oxygen atoms in total. The molecular formula is C11H9N7O3. The van der Waals surface area contributed by atoms with Crippen LogP contribution in [0.25, 0.3) is 5.78 Å². The van der Waals surface area contributed by atoms with Gasteiger partial charge in [-0.3, -0.25) is 19.9 Å². The molecule has 0 aliphatic carbocycles. The minimum Gasteiger partial charge on any atom is -0.366 e. The summed E-state index contributed by atoms with van der Waals surface area (Å²) < 4.78 is 1.17. The van der Waals surface area contributed by atoms with Gasteiger partial charge in [0.15, 0.2) is 0 Å². The summed E-state index contributed by atoms with van der Waals surface area (Å²) in [7, 11) is 0. The summed E-state index contributed by atoms with van der Waals surface area (Å²) in [5.74, 6) is 0.133. The van der Waals surface area contributed by atoms with Gasteiger partial charge >= 0.3 is 0 Å². The van der Waals surface area contributed by atoms with Crippen LogP contribution in [0.15, 0.2) is 29.1 Å². The normalized spacial score (nSPS) is 10.9. The van der Waals surface area contributed by atoms with E-state index < -0.39 is 10.5 Å². The Hall–Kier alpha value is -3.30. The molecule has 0 spiro atoms. The third-order valence-corrected chi connectivity index (χ3v) is 2.92. The summed E-state index contributed by atoms with van der Waals surface area (Å²) in [5, 5.41) is 22.2. The Morgan fingerprint density at radius 3 is 2.86 bits per heavy atom. The summed E-state index contributed by atoms with van der Waals surface area (Å²) in [4.78, 5) is 24.9. The molecule has 0 amide bonds. The number of para-hydroxylation sites is 1. The Bertz CT molecular complexity index is 898. The quantitative estimate of drug-likeness (QED) is 0.505. The number of aromatic amines is 1. The highest BCUT2D eigenvalue weighted by molar-refractivity contribution is 5.42. The molecule has 21 heavy (non-hydrogen) atoms. The van der Waals surface area contributed by atoms with E-state index in [1.165, 1.54) is 10.6 Å². The maximum absolute atomic E-state index is 11.9. The zero-order valence-electron chi connectivity index (χ0n) is 10.6. The minimum atomic E-state index is -0.505. The lowest BCUT2D eigenvalue weighted by Crippen LogP contribution is -2.19. The summed E-state index contributed by atoms with van der Waals surface area (Å²) in [5.41, 5.74) is 5.46. The number of nitrogens with zero attached hydrogens (tertiary/aromatic N) is 5. The van der Waals surface area contributed by atoms with Gasteiger partial charge in [-0.2, -0.15) is 9.61 Å². The van der Waals surface area contributed by atoms with Crippen molar-refractivity contribution in [3.05, 3.63) is 56.0 Å². The molecule has 0 saturated carbocycles. The number of hydrogen-bond donors (Lipinski definition) is 2. The van der Waals surface area contributed by atoms with E-state index in [0.29, 0.717) is 5.56 Å². The van der Waals surface area contributed by atoms with E-state index in [4.69, 9.17) is 5.73 Å². The second-order valence-electron chi connectivity index (χ2n) is 4.26. The Morgan fingerprint density at radius 1 is 1.33 bits per heavy atom. The van der Waals surface area contributed by atoms with Gasteiger partial charge in [-0.05, 0) is 0 Å². The predicted molar refractivity (Wildman–Crippen MR) is 71.7 cm³/mol. The molecule has 0 aliphatic rings. The molecule has 0 fully saturated rings. The van der Waals surface area contributed by atoms with E-state index in [1.807, 2.05) is 0 Å². The van der Waals surface area contributed by atoms with Crippen molar-refractivity contribution >= 4 is 17.4 Å². The molecule has 3 rings (SSSR count). The van der Waals surface area contributed by atoms with Crippen molar-refractivity contribution in [1.29, 1.82) is 0 Å². The molecule has 0 atom stereocenters. The van der Waals surface area contributed by atoms with Crippen LogP contribution in [0.1, 0.15) is 11.3 Å². The lowest BCUT2D eigenvalue weighted by molar-refractivity contribution is -0.385. The standard InChI is InChI=1S/C11H9N7O3/c12-10-14-15-11-13-9(19)7(16-17(10)11)5-6-3-1-2-4-8(6)18(20)21/h1-4H,5H2,(H2,12,14)(H,13,15,19). The molecule has 0 unspecified atom stereocenters. The monoisotopic (exact) mass is 287 g/mol. The Balaban J connectivity index is 2.10. The van der Waals surface area contributed by atoms with Gasteiger partial charge in [0.05, 0.1) is 4.92 Å². The van der Waals surface area contributed by atoms with E-state index in [0.717, 1.165) is 0 Å². The average molecular weight is 287 g/mol. The SMILES string of the molecule is Nc1nnc2[nH]c(=O)c(Cc3ccccc3[N+](=O)[O-])nn12. The van der Waals surface area contributed by atoms with E-state index >= 15 is 0 Å². The summed E-state index contributed by atoms with van der Waals surface area (Å²) in [6.07, 6.45) is 0.0000463. The first-order valence-electron chi connectivity index (χ1n) is 5.88. The second kappa shape index (κ2) is 4.67. The number of nitrogens with two attached hydrogens (primary N) is 1. The fraction of sp³-hybridized carbons (Fsp3) is 0.0909. The van der Waals surface area contributed by atoms with E-state index in [9.17, 15) is 14.9 Å². The third-order valence-electron chi connectivity index (χ3n) is 2.92. The van der Waals surface area contributed by atoms with E-state index in [-0.39, 0.29) is 29.5 Å². The molecule has 0 radical (unpaired) electrons. The molecule has 106 valence electrons. The highest BCUT2D eigenvalue weighted by atomic mass is 16.6. The number of anilines is 1. The number of H-pyrrole nitrogens is 1. The Labute approximate surface area is 116 Å². The largest absolute Gasteiger partial charge is 0.366 e. The topological polar surface area (TPSA) is 145 Å². The van der Waals surface area contributed by atoms with Gasteiger partial charge in [-0.1, -0.05) is 18.2 Å². The van der Waals surface area contributed by atoms with Gasteiger partial charge in [0.25, 0.3) is 17.0 Å². The highest BCUT2D eigenvalue weighted by Gasteiger charge is 2.16. The highest BCUT2D eigenvalue weighted by Crippen LogP contribution is 2.19. The van der Waals surface area contributed by atoms with Crippen molar-refractivity contribution in [2.24, 2.45) is 0 Å². The lowest BCUT2D eigenvalue weighted by atomic mass is 10.1. The number of hydrogen-bond acceptors (Lipinski definition) is 7. The van der Waals surface area contributed by atoms with Gasteiger partial charge in [0.1, 0.15) is 5.69 Å². The van der Waals surface area contributed by atoms with Crippen molar-refractivity contribution in [1.82, 2.24) is 24.8 Å². The molecule has 0 aliphatic heterocycles. The lowest BCUT2D eigenvalue weighted by Gasteiger charge is -2.02. The maximum Gasteiger partial charge on any atom is 0.274 e. The number of nitro benzene ring substituents is 1. The predicted octanol–water partition coefficient (Wildman–Crippen LogP) is -0.106. The third kappa shape index (κ3) is 2.18. The number of rotatable bonds is 3. The molecule has 10 heteroatoms. The van der Waals surface area contributed by atoms with Crippen molar-refractivity contribution in [3.8, 4) is 0 Å². The smallest absolute Gasteiger partial charge is 0.274 e. The van der Waals surface area contributed by atoms with Crippen molar-refractivity contribution in [3.63, 3.8) is 0 Å². The van der Waals surface area contributed by atoms with Gasteiger partial charge in [-0.15, -0.1) is 10.2 Å². The van der Waals surface area contributed by atoms with Crippen LogP contribution < -0.4 is 11.3 Å². The summed E-state index contributed by atoms with van der Waals surface area (Å²) in [6.45, 7) is 0. The number of nitrogen functional groups attached to an aromatic ring is 1. The average Bonchev–Trinajstić information content (AvgIpc) is 2.80. The molecular weight excluding hydrogens is 278 g/mol. The number of benzene rings is 1. The van der Waals surface area contributed by atoms with Gasteiger partial charge in [-0.25, -0.2) is 0 Å². The van der Waals surface area contributed by atoms with Crippen molar-refractivity contribution in [2.75, 3.05) is 5.73 Å². The molecule has 2 aromatic heterocycles. The summed E-state index contributed by atoms with van der Waals surface area (Å²) in [6, 6.07) is 6.15. The fourth-order valence-corrected chi connectivity index (χ4v) is 1.94. The number of aromatic nitrogens is 5. The van der Waals surface area contributed by atoms with Crippen LogP contribution in [0.3, 0.4) is 0 Å². The van der Waals surface area contributed by atoms with Crippen LogP contribution >= 0.6 is 0 Å². The summed E-state index contributed by atoms with van der Waals surface area (Å²) >= 11 is 0. The Kier molecular flexibility index (Phi) is 2.83. The van der Waals surface area contributed by atoms with Crippen LogP contribution in [-0.2, 0) is 6.42 Å². The van der Waals surface area contributed by atoms with Crippen LogP contribution in [0.2, 0.25) is 0 Å². The van der Waals surface area contributed by atoms with Gasteiger partial charge in [0.2, 0.25) is 5.95 Å². The Morgan fingerprint density at radius 2 is 2.10 bits per heavy atom. The first-order valence-corrected chi connectivity index (χ1v) is 5.88. The minimum absolute atomic E-state index is 0.0000463. The number of fused-ring (bicyclic) bond motifs is 1. The molecule has 3 aromatic rings. The maximum atomic E-state index is 11.9. The van der Waals surface area contributed by atoms with E-state index in [2.05, 4.69) is 20.3 Å². The second-order valence-corrected chi connectivity index (χ2v) is 4.26. The number of nitrogens with one attached hydrogen (secondary N) is 1. The van der Waals surface area contributed by atoms with E-state index in [1.54, 1.807) is 18.2 Å².